The van der Waals surface area contributed by atoms with Crippen molar-refractivity contribution < 1.29 is 23.1 Å². The van der Waals surface area contributed by atoms with E-state index < -0.39 is 17.7 Å². The number of rotatable bonds is 3. The minimum atomic E-state index is -4.54. The standard InChI is InChI=1S/C14H16F3NO2/c1-9-4-5-18(7-9)8-11-3-2-10(13(19)20)6-12(11)14(15,16)17/h2-3,6,9H,4-5,7-8H2,1H3,(H,19,20). The minimum absolute atomic E-state index is 0.136. The zero-order valence-electron chi connectivity index (χ0n) is 11.1. The lowest BCUT2D eigenvalue weighted by atomic mass is 10.0. The molecule has 0 amide bonds. The third-order valence-electron chi connectivity index (χ3n) is 3.56. The highest BCUT2D eigenvalue weighted by molar-refractivity contribution is 5.88. The average molecular weight is 287 g/mol. The summed E-state index contributed by atoms with van der Waals surface area (Å²) in [4.78, 5) is 12.8. The summed E-state index contributed by atoms with van der Waals surface area (Å²) in [5, 5.41) is 8.81. The molecule has 0 spiro atoms. The third-order valence-corrected chi connectivity index (χ3v) is 3.56. The van der Waals surface area contributed by atoms with E-state index in [9.17, 15) is 18.0 Å². The summed E-state index contributed by atoms with van der Waals surface area (Å²) in [6.45, 7) is 3.83. The predicted molar refractivity (Wildman–Crippen MR) is 67.5 cm³/mol. The Kier molecular flexibility index (Phi) is 4.04. The highest BCUT2D eigenvalue weighted by Crippen LogP contribution is 2.34. The Bertz CT molecular complexity index is 514. The molecule has 1 unspecified atom stereocenters. The number of hydrogen-bond donors (Lipinski definition) is 1. The van der Waals surface area contributed by atoms with Gasteiger partial charge in [0.2, 0.25) is 0 Å². The smallest absolute Gasteiger partial charge is 0.416 e. The first-order valence-electron chi connectivity index (χ1n) is 6.43. The molecule has 1 aromatic carbocycles. The summed E-state index contributed by atoms with van der Waals surface area (Å²) in [5.41, 5.74) is -1.05. The van der Waals surface area contributed by atoms with Gasteiger partial charge in [0.25, 0.3) is 0 Å². The summed E-state index contributed by atoms with van der Waals surface area (Å²) in [7, 11) is 0. The van der Waals surface area contributed by atoms with Gasteiger partial charge in [-0.3, -0.25) is 4.90 Å². The molecule has 0 radical (unpaired) electrons. The van der Waals surface area contributed by atoms with Gasteiger partial charge in [0.05, 0.1) is 11.1 Å². The molecule has 0 aliphatic carbocycles. The van der Waals surface area contributed by atoms with E-state index in [2.05, 4.69) is 6.92 Å². The number of hydrogen-bond acceptors (Lipinski definition) is 2. The van der Waals surface area contributed by atoms with Crippen LogP contribution in [0, 0.1) is 5.92 Å². The van der Waals surface area contributed by atoms with Gasteiger partial charge in [0.1, 0.15) is 0 Å². The molecular weight excluding hydrogens is 271 g/mol. The van der Waals surface area contributed by atoms with Crippen LogP contribution in [0.4, 0.5) is 13.2 Å². The molecule has 0 aromatic heterocycles. The van der Waals surface area contributed by atoms with Crippen molar-refractivity contribution >= 4 is 5.97 Å². The Morgan fingerprint density at radius 2 is 2.15 bits per heavy atom. The molecular formula is C14H16F3NO2. The summed E-state index contributed by atoms with van der Waals surface area (Å²) >= 11 is 0. The number of benzene rings is 1. The average Bonchev–Trinajstić information content (AvgIpc) is 2.73. The van der Waals surface area contributed by atoms with Crippen molar-refractivity contribution in [2.45, 2.75) is 26.1 Å². The van der Waals surface area contributed by atoms with E-state index in [4.69, 9.17) is 5.11 Å². The molecule has 0 bridgehead atoms. The summed E-state index contributed by atoms with van der Waals surface area (Å²) < 4.78 is 39.1. The van der Waals surface area contributed by atoms with Gasteiger partial charge < -0.3 is 5.11 Å². The van der Waals surface area contributed by atoms with Crippen LogP contribution in [0.1, 0.15) is 34.8 Å². The van der Waals surface area contributed by atoms with Crippen molar-refractivity contribution in [2.24, 2.45) is 5.92 Å². The van der Waals surface area contributed by atoms with Crippen molar-refractivity contribution in [1.82, 2.24) is 4.90 Å². The number of halogens is 3. The number of alkyl halides is 3. The first kappa shape index (κ1) is 14.8. The maximum absolute atomic E-state index is 13.0. The summed E-state index contributed by atoms with van der Waals surface area (Å²) in [6.07, 6.45) is -3.55. The SMILES string of the molecule is CC1CCN(Cc2ccc(C(=O)O)cc2C(F)(F)F)C1. The van der Waals surface area contributed by atoms with Crippen molar-refractivity contribution in [1.29, 1.82) is 0 Å². The third kappa shape index (κ3) is 3.30. The Morgan fingerprint density at radius 1 is 1.45 bits per heavy atom. The topological polar surface area (TPSA) is 40.5 Å². The van der Waals surface area contributed by atoms with E-state index in [0.29, 0.717) is 5.92 Å². The molecule has 6 heteroatoms. The van der Waals surface area contributed by atoms with Gasteiger partial charge in [-0.05, 0) is 36.6 Å². The second-order valence-electron chi connectivity index (χ2n) is 5.30. The van der Waals surface area contributed by atoms with Crippen LogP contribution < -0.4 is 0 Å². The van der Waals surface area contributed by atoms with E-state index in [1.54, 1.807) is 0 Å². The molecule has 2 rings (SSSR count). The van der Waals surface area contributed by atoms with E-state index >= 15 is 0 Å². The van der Waals surface area contributed by atoms with E-state index in [-0.39, 0.29) is 17.7 Å². The molecule has 1 heterocycles. The second kappa shape index (κ2) is 5.44. The zero-order chi connectivity index (χ0) is 14.9. The van der Waals surface area contributed by atoms with Crippen molar-refractivity contribution in [3.63, 3.8) is 0 Å². The van der Waals surface area contributed by atoms with Gasteiger partial charge in [-0.1, -0.05) is 13.0 Å². The molecule has 1 atom stereocenters. The van der Waals surface area contributed by atoms with Crippen LogP contribution in [0.5, 0.6) is 0 Å². The van der Waals surface area contributed by atoms with Gasteiger partial charge in [-0.2, -0.15) is 13.2 Å². The highest BCUT2D eigenvalue weighted by atomic mass is 19.4. The van der Waals surface area contributed by atoms with Crippen LogP contribution in [0.25, 0.3) is 0 Å². The van der Waals surface area contributed by atoms with Crippen molar-refractivity contribution in [2.75, 3.05) is 13.1 Å². The van der Waals surface area contributed by atoms with Crippen LogP contribution in [0.15, 0.2) is 18.2 Å². The Balaban J connectivity index is 2.29. The van der Waals surface area contributed by atoms with Crippen molar-refractivity contribution in [3.8, 4) is 0 Å². The number of carboxylic acid groups (broad SMARTS) is 1. The molecule has 1 saturated heterocycles. The molecule has 1 aliphatic heterocycles. The molecule has 110 valence electrons. The lowest BCUT2D eigenvalue weighted by Crippen LogP contribution is -2.22. The number of carboxylic acids is 1. The van der Waals surface area contributed by atoms with Gasteiger partial charge in [0, 0.05) is 13.1 Å². The van der Waals surface area contributed by atoms with Gasteiger partial charge in [-0.25, -0.2) is 4.79 Å². The number of carbonyl (C=O) groups is 1. The number of likely N-dealkylation sites (tertiary alicyclic amines) is 1. The maximum atomic E-state index is 13.0. The Morgan fingerprint density at radius 3 is 2.65 bits per heavy atom. The fourth-order valence-corrected chi connectivity index (χ4v) is 2.52. The Labute approximate surface area is 115 Å². The monoisotopic (exact) mass is 287 g/mol. The van der Waals surface area contributed by atoms with Gasteiger partial charge in [-0.15, -0.1) is 0 Å². The Hall–Kier alpha value is -1.56. The first-order chi connectivity index (χ1) is 9.27. The highest BCUT2D eigenvalue weighted by Gasteiger charge is 2.34. The largest absolute Gasteiger partial charge is 0.478 e. The number of nitrogens with zero attached hydrogens (tertiary/aromatic N) is 1. The minimum Gasteiger partial charge on any atom is -0.478 e. The van der Waals surface area contributed by atoms with Crippen LogP contribution in [0.3, 0.4) is 0 Å². The van der Waals surface area contributed by atoms with Crippen LogP contribution in [0.2, 0.25) is 0 Å². The first-order valence-corrected chi connectivity index (χ1v) is 6.43. The molecule has 1 aliphatic rings. The van der Waals surface area contributed by atoms with Crippen LogP contribution in [-0.4, -0.2) is 29.1 Å². The van der Waals surface area contributed by atoms with Gasteiger partial charge in [0.15, 0.2) is 0 Å². The van der Waals surface area contributed by atoms with E-state index in [0.717, 1.165) is 25.6 Å². The predicted octanol–water partition coefficient (Wildman–Crippen LogP) is 3.25. The van der Waals surface area contributed by atoms with E-state index in [1.807, 2.05) is 4.90 Å². The molecule has 1 N–H and O–H groups in total. The number of aromatic carboxylic acids is 1. The summed E-state index contributed by atoms with van der Waals surface area (Å²) in [6, 6.07) is 3.22. The second-order valence-corrected chi connectivity index (χ2v) is 5.30. The van der Waals surface area contributed by atoms with Crippen molar-refractivity contribution in [3.05, 3.63) is 34.9 Å². The molecule has 3 nitrogen and oxygen atoms in total. The zero-order valence-corrected chi connectivity index (χ0v) is 11.1. The maximum Gasteiger partial charge on any atom is 0.416 e. The molecule has 0 saturated carbocycles. The fraction of sp³-hybridized carbons (Fsp3) is 0.500. The van der Waals surface area contributed by atoms with Crippen LogP contribution in [-0.2, 0) is 12.7 Å². The van der Waals surface area contributed by atoms with E-state index in [1.165, 1.54) is 12.1 Å². The quantitative estimate of drug-likeness (QED) is 0.927. The fourth-order valence-electron chi connectivity index (χ4n) is 2.52. The van der Waals surface area contributed by atoms with Crippen LogP contribution >= 0.6 is 0 Å². The molecule has 1 aromatic rings. The summed E-state index contributed by atoms with van der Waals surface area (Å²) in [5.74, 6) is -0.862. The lowest BCUT2D eigenvalue weighted by molar-refractivity contribution is -0.138. The molecule has 1 fully saturated rings. The normalized spacial score (nSPS) is 20.3. The van der Waals surface area contributed by atoms with Gasteiger partial charge >= 0.3 is 12.1 Å². The molecule has 20 heavy (non-hydrogen) atoms. The lowest BCUT2D eigenvalue weighted by Gasteiger charge is -2.19.